The maximum atomic E-state index is 12.8. The molecule has 0 spiro atoms. The summed E-state index contributed by atoms with van der Waals surface area (Å²) in [5, 5.41) is 8.17. The Morgan fingerprint density at radius 2 is 1.88 bits per heavy atom. The van der Waals surface area contributed by atoms with E-state index in [0.29, 0.717) is 21.2 Å². The van der Waals surface area contributed by atoms with Gasteiger partial charge in [0.2, 0.25) is 0 Å². The largest absolute Gasteiger partial charge is 0.349 e. The summed E-state index contributed by atoms with van der Waals surface area (Å²) < 4.78 is 0. The van der Waals surface area contributed by atoms with Crippen LogP contribution >= 0.6 is 22.9 Å². The van der Waals surface area contributed by atoms with Crippen molar-refractivity contribution in [3.63, 3.8) is 0 Å². The van der Waals surface area contributed by atoms with Crippen molar-refractivity contribution >= 4 is 40.4 Å². The Hall–Kier alpha value is -2.67. The highest BCUT2D eigenvalue weighted by Gasteiger charge is 2.22. The Balaban J connectivity index is 1.32. The molecule has 0 saturated carbocycles. The Kier molecular flexibility index (Phi) is 7.25. The first-order chi connectivity index (χ1) is 15.5. The van der Waals surface area contributed by atoms with Gasteiger partial charge in [-0.25, -0.2) is 0 Å². The molecule has 1 aliphatic rings. The van der Waals surface area contributed by atoms with Crippen molar-refractivity contribution in [2.45, 2.75) is 32.4 Å². The molecule has 0 bridgehead atoms. The molecule has 2 amide bonds. The average molecular weight is 468 g/mol. The number of hydrogen-bond donors (Lipinski definition) is 2. The van der Waals surface area contributed by atoms with E-state index in [1.54, 1.807) is 24.3 Å². The van der Waals surface area contributed by atoms with Crippen molar-refractivity contribution in [1.82, 2.24) is 10.2 Å². The average Bonchev–Trinajstić information content (AvgIpc) is 3.32. The van der Waals surface area contributed by atoms with E-state index >= 15 is 0 Å². The smallest absolute Gasteiger partial charge is 0.265 e. The molecule has 0 aliphatic carbocycles. The highest BCUT2D eigenvalue weighted by atomic mass is 35.5. The number of benzene rings is 2. The van der Waals surface area contributed by atoms with Crippen LogP contribution < -0.4 is 10.6 Å². The van der Waals surface area contributed by atoms with Crippen LogP contribution in [0.5, 0.6) is 0 Å². The fourth-order valence-corrected chi connectivity index (χ4v) is 4.71. The molecule has 1 aliphatic heterocycles. The Morgan fingerprint density at radius 3 is 2.59 bits per heavy atom. The van der Waals surface area contributed by atoms with Gasteiger partial charge in [0.1, 0.15) is 0 Å². The number of amides is 2. The number of rotatable bonds is 6. The second-order valence-electron chi connectivity index (χ2n) is 8.14. The molecule has 5 nitrogen and oxygen atoms in total. The van der Waals surface area contributed by atoms with Crippen LogP contribution in [0.3, 0.4) is 0 Å². The van der Waals surface area contributed by atoms with Gasteiger partial charge in [-0.1, -0.05) is 47.5 Å². The third-order valence-electron chi connectivity index (χ3n) is 5.63. The van der Waals surface area contributed by atoms with Crippen LogP contribution in [-0.2, 0) is 6.54 Å². The number of likely N-dealkylation sites (tertiary alicyclic amines) is 1. The lowest BCUT2D eigenvalue weighted by atomic mass is 10.0. The van der Waals surface area contributed by atoms with Gasteiger partial charge in [0.15, 0.2) is 0 Å². The molecule has 1 aromatic heterocycles. The quantitative estimate of drug-likeness (QED) is 0.513. The van der Waals surface area contributed by atoms with Gasteiger partial charge in [-0.05, 0) is 55.0 Å². The number of anilines is 1. The first-order valence-corrected chi connectivity index (χ1v) is 12.0. The number of nitrogens with zero attached hydrogens (tertiary/aromatic N) is 1. The fourth-order valence-electron chi connectivity index (χ4n) is 3.93. The summed E-state index contributed by atoms with van der Waals surface area (Å²) in [6.45, 7) is 4.94. The summed E-state index contributed by atoms with van der Waals surface area (Å²) in [5.41, 5.74) is 3.52. The van der Waals surface area contributed by atoms with Gasteiger partial charge in [0, 0.05) is 31.2 Å². The van der Waals surface area contributed by atoms with Crippen LogP contribution in [0.4, 0.5) is 5.69 Å². The molecule has 0 unspecified atom stereocenters. The Morgan fingerprint density at radius 1 is 1.06 bits per heavy atom. The monoisotopic (exact) mass is 467 g/mol. The van der Waals surface area contributed by atoms with Crippen molar-refractivity contribution in [3.8, 4) is 0 Å². The number of aryl methyl sites for hydroxylation is 1. The summed E-state index contributed by atoms with van der Waals surface area (Å²) >= 11 is 7.59. The fraction of sp³-hybridized carbons (Fsp3) is 0.280. The van der Waals surface area contributed by atoms with Crippen LogP contribution in [0, 0.1) is 6.92 Å². The summed E-state index contributed by atoms with van der Waals surface area (Å²) in [6, 6.07) is 17.3. The Bertz CT molecular complexity index is 1090. The zero-order valence-electron chi connectivity index (χ0n) is 17.9. The lowest BCUT2D eigenvalue weighted by molar-refractivity contribution is 0.0908. The molecule has 32 heavy (non-hydrogen) atoms. The van der Waals surface area contributed by atoms with E-state index in [-0.39, 0.29) is 17.9 Å². The molecule has 2 N–H and O–H groups in total. The minimum atomic E-state index is -0.236. The molecule has 2 aromatic carbocycles. The predicted molar refractivity (Wildman–Crippen MR) is 131 cm³/mol. The second kappa shape index (κ2) is 10.3. The summed E-state index contributed by atoms with van der Waals surface area (Å²) in [4.78, 5) is 28.2. The van der Waals surface area contributed by atoms with Crippen LogP contribution in [0.1, 0.15) is 44.0 Å². The van der Waals surface area contributed by atoms with Gasteiger partial charge < -0.3 is 10.6 Å². The van der Waals surface area contributed by atoms with Gasteiger partial charge in [0.25, 0.3) is 11.8 Å². The van der Waals surface area contributed by atoms with Crippen LogP contribution in [0.2, 0.25) is 5.02 Å². The highest BCUT2D eigenvalue weighted by molar-refractivity contribution is 7.12. The highest BCUT2D eigenvalue weighted by Crippen LogP contribution is 2.25. The lowest BCUT2D eigenvalue weighted by Crippen LogP contribution is -2.44. The minimum absolute atomic E-state index is 0.135. The second-order valence-corrected chi connectivity index (χ2v) is 9.49. The number of carbonyl (C=O) groups is 2. The molecule has 166 valence electrons. The lowest BCUT2D eigenvalue weighted by Gasteiger charge is -2.32. The number of nitrogens with one attached hydrogen (secondary N) is 2. The van der Waals surface area contributed by atoms with E-state index in [1.165, 1.54) is 22.5 Å². The summed E-state index contributed by atoms with van der Waals surface area (Å²) in [6.07, 6.45) is 1.82. The third kappa shape index (κ3) is 5.76. The van der Waals surface area contributed by atoms with Crippen molar-refractivity contribution in [3.05, 3.63) is 86.6 Å². The predicted octanol–water partition coefficient (Wildman–Crippen LogP) is 5.36. The number of thiophene rings is 1. The topological polar surface area (TPSA) is 61.4 Å². The van der Waals surface area contributed by atoms with Gasteiger partial charge in [-0.15, -0.1) is 11.3 Å². The maximum Gasteiger partial charge on any atom is 0.265 e. The van der Waals surface area contributed by atoms with Gasteiger partial charge in [-0.2, -0.15) is 0 Å². The summed E-state index contributed by atoms with van der Waals surface area (Å²) in [5.74, 6) is -0.383. The molecule has 7 heteroatoms. The van der Waals surface area contributed by atoms with E-state index in [4.69, 9.17) is 11.6 Å². The zero-order valence-corrected chi connectivity index (χ0v) is 19.5. The first kappa shape index (κ1) is 22.5. The van der Waals surface area contributed by atoms with Gasteiger partial charge >= 0.3 is 0 Å². The van der Waals surface area contributed by atoms with Gasteiger partial charge in [-0.3, -0.25) is 14.5 Å². The maximum absolute atomic E-state index is 12.8. The van der Waals surface area contributed by atoms with E-state index in [1.807, 2.05) is 11.4 Å². The number of halogens is 1. The molecular formula is C25H26ClN3O2S. The third-order valence-corrected chi connectivity index (χ3v) is 6.83. The number of hydrogen-bond acceptors (Lipinski definition) is 4. The molecule has 3 aromatic rings. The van der Waals surface area contributed by atoms with Gasteiger partial charge in [0.05, 0.1) is 15.6 Å². The molecule has 0 atom stereocenters. The molecule has 1 fully saturated rings. The first-order valence-electron chi connectivity index (χ1n) is 10.7. The molecule has 0 radical (unpaired) electrons. The minimum Gasteiger partial charge on any atom is -0.349 e. The van der Waals surface area contributed by atoms with Crippen molar-refractivity contribution in [2.24, 2.45) is 0 Å². The van der Waals surface area contributed by atoms with Crippen LogP contribution in [-0.4, -0.2) is 35.8 Å². The van der Waals surface area contributed by atoms with E-state index in [2.05, 4.69) is 46.7 Å². The summed E-state index contributed by atoms with van der Waals surface area (Å²) in [7, 11) is 0. The standard InChI is InChI=1S/C25H26ClN3O2S/c1-17-4-2-5-18(14-17)16-29-11-9-20(10-12-29)27-24(30)19-7-8-21(26)22(15-19)28-25(31)23-6-3-13-32-23/h2-8,13-15,20H,9-12,16H2,1H3,(H,27,30)(H,28,31). The van der Waals surface area contributed by atoms with E-state index in [9.17, 15) is 9.59 Å². The van der Waals surface area contributed by atoms with Crippen molar-refractivity contribution in [2.75, 3.05) is 18.4 Å². The number of carbonyl (C=O) groups excluding carboxylic acids is 2. The molecule has 2 heterocycles. The van der Waals surface area contributed by atoms with E-state index in [0.717, 1.165) is 32.5 Å². The van der Waals surface area contributed by atoms with Crippen molar-refractivity contribution in [1.29, 1.82) is 0 Å². The van der Waals surface area contributed by atoms with E-state index < -0.39 is 0 Å². The number of piperidine rings is 1. The van der Waals surface area contributed by atoms with Crippen LogP contribution in [0.25, 0.3) is 0 Å². The zero-order chi connectivity index (χ0) is 22.5. The molecular weight excluding hydrogens is 442 g/mol. The SMILES string of the molecule is Cc1cccc(CN2CCC(NC(=O)c3ccc(Cl)c(NC(=O)c4cccs4)c3)CC2)c1. The molecule has 1 saturated heterocycles. The Labute approximate surface area is 197 Å². The van der Waals surface area contributed by atoms with Crippen molar-refractivity contribution < 1.29 is 9.59 Å². The molecule has 4 rings (SSSR count). The normalized spacial score (nSPS) is 14.8. The van der Waals surface area contributed by atoms with Crippen LogP contribution in [0.15, 0.2) is 60.0 Å².